The lowest BCUT2D eigenvalue weighted by molar-refractivity contribution is -0.118. The summed E-state index contributed by atoms with van der Waals surface area (Å²) in [5.74, 6) is 0.486. The van der Waals surface area contributed by atoms with Gasteiger partial charge >= 0.3 is 0 Å². The number of para-hydroxylation sites is 1. The molecule has 0 aromatic heterocycles. The molecule has 0 aliphatic heterocycles. The highest BCUT2D eigenvalue weighted by Gasteiger charge is 2.14. The summed E-state index contributed by atoms with van der Waals surface area (Å²) in [6.45, 7) is 1.85. The number of nitrogens with one attached hydrogen (secondary N) is 1. The molecule has 5 nitrogen and oxygen atoms in total. The fourth-order valence-corrected chi connectivity index (χ4v) is 2.80. The van der Waals surface area contributed by atoms with Crippen molar-refractivity contribution in [3.63, 3.8) is 0 Å². The lowest BCUT2D eigenvalue weighted by Crippen LogP contribution is -2.21. The maximum atomic E-state index is 12.1. The number of methoxy groups -OCH3 is 1. The van der Waals surface area contributed by atoms with Crippen molar-refractivity contribution in [2.75, 3.05) is 19.0 Å². The predicted molar refractivity (Wildman–Crippen MR) is 96.0 cm³/mol. The molecule has 0 aliphatic carbocycles. The summed E-state index contributed by atoms with van der Waals surface area (Å²) in [6, 6.07) is 10.8. The van der Waals surface area contributed by atoms with Gasteiger partial charge in [-0.2, -0.15) is 0 Å². The van der Waals surface area contributed by atoms with Crippen molar-refractivity contribution in [2.45, 2.75) is 13.3 Å². The molecule has 0 atom stereocenters. The summed E-state index contributed by atoms with van der Waals surface area (Å²) in [5.41, 5.74) is 2.28. The topological polar surface area (TPSA) is 64.6 Å². The largest absolute Gasteiger partial charge is 0.493 e. The van der Waals surface area contributed by atoms with Gasteiger partial charge in [-0.25, -0.2) is 0 Å². The Morgan fingerprint density at radius 2 is 2.04 bits per heavy atom. The quantitative estimate of drug-likeness (QED) is 0.727. The maximum absolute atomic E-state index is 12.1. The van der Waals surface area contributed by atoms with Gasteiger partial charge in [0.25, 0.3) is 5.91 Å². The molecule has 0 aliphatic rings. The van der Waals surface area contributed by atoms with E-state index < -0.39 is 0 Å². The van der Waals surface area contributed by atoms with Crippen LogP contribution in [-0.2, 0) is 11.2 Å². The minimum absolute atomic E-state index is 0.173. The van der Waals surface area contributed by atoms with E-state index in [1.165, 1.54) is 7.11 Å². The highest BCUT2D eigenvalue weighted by atomic mass is 79.9. The van der Waals surface area contributed by atoms with Crippen molar-refractivity contribution >= 4 is 33.8 Å². The van der Waals surface area contributed by atoms with Gasteiger partial charge in [0.15, 0.2) is 18.1 Å². The van der Waals surface area contributed by atoms with E-state index in [2.05, 4.69) is 21.2 Å². The molecule has 0 saturated heterocycles. The summed E-state index contributed by atoms with van der Waals surface area (Å²) < 4.78 is 11.3. The standard InChI is InChI=1S/C18H18BrNO4/c1-3-13-6-4-5-7-15(13)20-17(22)11-24-18-14(19)8-12(10-21)9-16(18)23-2/h4-10H,3,11H2,1-2H3,(H,20,22). The molecule has 2 aromatic rings. The molecule has 126 valence electrons. The first-order chi connectivity index (χ1) is 11.6. The van der Waals surface area contributed by atoms with Gasteiger partial charge in [0.1, 0.15) is 6.29 Å². The number of rotatable bonds is 7. The number of anilines is 1. The zero-order valence-corrected chi connectivity index (χ0v) is 15.1. The van der Waals surface area contributed by atoms with Gasteiger partial charge in [0.05, 0.1) is 11.6 Å². The third kappa shape index (κ3) is 4.35. The molecule has 0 radical (unpaired) electrons. The average molecular weight is 392 g/mol. The van der Waals surface area contributed by atoms with Gasteiger partial charge in [-0.05, 0) is 46.1 Å². The van der Waals surface area contributed by atoms with Crippen molar-refractivity contribution in [1.29, 1.82) is 0 Å². The highest BCUT2D eigenvalue weighted by molar-refractivity contribution is 9.10. The molecule has 0 bridgehead atoms. The number of aldehydes is 1. The third-order valence-electron chi connectivity index (χ3n) is 3.41. The Morgan fingerprint density at radius 1 is 1.29 bits per heavy atom. The number of carbonyl (C=O) groups excluding carboxylic acids is 2. The van der Waals surface area contributed by atoms with Crippen LogP contribution in [0.15, 0.2) is 40.9 Å². The van der Waals surface area contributed by atoms with Crippen LogP contribution >= 0.6 is 15.9 Å². The van der Waals surface area contributed by atoms with Crippen LogP contribution in [0.4, 0.5) is 5.69 Å². The Kier molecular flexibility index (Phi) is 6.37. The Balaban J connectivity index is 2.08. The summed E-state index contributed by atoms with van der Waals surface area (Å²) in [7, 11) is 1.47. The molecule has 0 fully saturated rings. The Bertz CT molecular complexity index is 746. The minimum Gasteiger partial charge on any atom is -0.493 e. The summed E-state index contributed by atoms with van der Waals surface area (Å²) >= 11 is 3.32. The molecular formula is C18H18BrNO4. The SMILES string of the molecule is CCc1ccccc1NC(=O)COc1c(Br)cc(C=O)cc1OC. The van der Waals surface area contributed by atoms with Crippen molar-refractivity contribution < 1.29 is 19.1 Å². The highest BCUT2D eigenvalue weighted by Crippen LogP contribution is 2.36. The molecule has 0 spiro atoms. The Hall–Kier alpha value is -2.34. The number of hydrogen-bond acceptors (Lipinski definition) is 4. The smallest absolute Gasteiger partial charge is 0.262 e. The van der Waals surface area contributed by atoms with E-state index in [1.54, 1.807) is 12.1 Å². The van der Waals surface area contributed by atoms with Gasteiger partial charge in [-0.1, -0.05) is 25.1 Å². The number of aryl methyl sites for hydroxylation is 1. The van der Waals surface area contributed by atoms with Gasteiger partial charge in [-0.15, -0.1) is 0 Å². The normalized spacial score (nSPS) is 10.1. The Labute approximate surface area is 149 Å². The zero-order valence-electron chi connectivity index (χ0n) is 13.5. The number of carbonyl (C=O) groups is 2. The number of halogens is 1. The van der Waals surface area contributed by atoms with E-state index in [0.717, 1.165) is 17.7 Å². The van der Waals surface area contributed by atoms with Crippen molar-refractivity contribution in [1.82, 2.24) is 0 Å². The molecule has 0 unspecified atom stereocenters. The number of hydrogen-bond donors (Lipinski definition) is 1. The minimum atomic E-state index is -0.274. The summed E-state index contributed by atoms with van der Waals surface area (Å²) in [4.78, 5) is 23.0. The van der Waals surface area contributed by atoms with Gasteiger partial charge < -0.3 is 14.8 Å². The second-order valence-electron chi connectivity index (χ2n) is 5.00. The molecule has 0 saturated carbocycles. The van der Waals surface area contributed by atoms with E-state index in [-0.39, 0.29) is 12.5 Å². The maximum Gasteiger partial charge on any atom is 0.262 e. The summed E-state index contributed by atoms with van der Waals surface area (Å²) in [5, 5.41) is 2.83. The second kappa shape index (κ2) is 8.49. The fourth-order valence-electron chi connectivity index (χ4n) is 2.22. The van der Waals surface area contributed by atoms with E-state index in [1.807, 2.05) is 31.2 Å². The first kappa shape index (κ1) is 18.0. The zero-order chi connectivity index (χ0) is 17.5. The number of ether oxygens (including phenoxy) is 2. The molecule has 1 amide bonds. The van der Waals surface area contributed by atoms with Crippen LogP contribution in [0.1, 0.15) is 22.8 Å². The van der Waals surface area contributed by atoms with E-state index in [4.69, 9.17) is 9.47 Å². The number of benzene rings is 2. The number of amides is 1. The molecule has 6 heteroatoms. The predicted octanol–water partition coefficient (Wildman–Crippen LogP) is 3.85. The van der Waals surface area contributed by atoms with Crippen LogP contribution in [-0.4, -0.2) is 25.9 Å². The first-order valence-electron chi connectivity index (χ1n) is 7.42. The average Bonchev–Trinajstić information content (AvgIpc) is 2.60. The molecule has 2 rings (SSSR count). The monoisotopic (exact) mass is 391 g/mol. The van der Waals surface area contributed by atoms with Crippen LogP contribution in [0, 0.1) is 0 Å². The van der Waals surface area contributed by atoms with Gasteiger partial charge in [0.2, 0.25) is 0 Å². The van der Waals surface area contributed by atoms with Crippen LogP contribution in [0.5, 0.6) is 11.5 Å². The van der Waals surface area contributed by atoms with Crippen molar-refractivity contribution in [2.24, 2.45) is 0 Å². The van der Waals surface area contributed by atoms with Gasteiger partial charge in [0, 0.05) is 11.3 Å². The van der Waals surface area contributed by atoms with E-state index >= 15 is 0 Å². The fraction of sp³-hybridized carbons (Fsp3) is 0.222. The van der Waals surface area contributed by atoms with Crippen molar-refractivity contribution in [3.8, 4) is 11.5 Å². The summed E-state index contributed by atoms with van der Waals surface area (Å²) in [6.07, 6.45) is 1.54. The first-order valence-corrected chi connectivity index (χ1v) is 8.21. The van der Waals surface area contributed by atoms with Crippen LogP contribution in [0.3, 0.4) is 0 Å². The molecule has 24 heavy (non-hydrogen) atoms. The van der Waals surface area contributed by atoms with Crippen molar-refractivity contribution in [3.05, 3.63) is 52.0 Å². The molecule has 2 aromatic carbocycles. The lowest BCUT2D eigenvalue weighted by atomic mass is 10.1. The third-order valence-corrected chi connectivity index (χ3v) is 4.00. The van der Waals surface area contributed by atoms with Crippen LogP contribution in [0.2, 0.25) is 0 Å². The van der Waals surface area contributed by atoms with Crippen LogP contribution < -0.4 is 14.8 Å². The van der Waals surface area contributed by atoms with E-state index in [0.29, 0.717) is 27.8 Å². The second-order valence-corrected chi connectivity index (χ2v) is 5.85. The molecule has 0 heterocycles. The van der Waals surface area contributed by atoms with Gasteiger partial charge in [-0.3, -0.25) is 9.59 Å². The lowest BCUT2D eigenvalue weighted by Gasteiger charge is -2.14. The Morgan fingerprint density at radius 3 is 2.71 bits per heavy atom. The molecule has 1 N–H and O–H groups in total. The van der Waals surface area contributed by atoms with Crippen LogP contribution in [0.25, 0.3) is 0 Å². The van der Waals surface area contributed by atoms with E-state index in [9.17, 15) is 9.59 Å². The molecular weight excluding hydrogens is 374 g/mol.